The Kier molecular flexibility index (Phi) is 3.18. The number of benzene rings is 1. The van der Waals surface area contributed by atoms with Gasteiger partial charge in [0.2, 0.25) is 0 Å². The molecule has 104 valence electrons. The lowest BCUT2D eigenvalue weighted by Crippen LogP contribution is -2.24. The summed E-state index contributed by atoms with van der Waals surface area (Å²) in [4.78, 5) is 3.95. The molecule has 1 fully saturated rings. The molecule has 20 heavy (non-hydrogen) atoms. The van der Waals surface area contributed by atoms with Crippen LogP contribution in [0.3, 0.4) is 0 Å². The molecule has 0 radical (unpaired) electrons. The monoisotopic (exact) mass is 273 g/mol. The minimum Gasteiger partial charge on any atom is -0.490 e. The molecule has 1 aliphatic carbocycles. The topological polar surface area (TPSA) is 42.4 Å². The second-order valence-corrected chi connectivity index (χ2v) is 5.28. The normalized spacial score (nSPS) is 17.6. The highest BCUT2D eigenvalue weighted by Crippen LogP contribution is 2.31. The average Bonchev–Trinajstić information content (AvgIpc) is 3.24. The Morgan fingerprint density at radius 3 is 2.45 bits per heavy atom. The van der Waals surface area contributed by atoms with Gasteiger partial charge >= 0.3 is 0 Å². The third-order valence-corrected chi connectivity index (χ3v) is 3.47. The van der Waals surface area contributed by atoms with Crippen LogP contribution in [0.2, 0.25) is 0 Å². The summed E-state index contributed by atoms with van der Waals surface area (Å²) in [7, 11) is 0. The molecule has 3 rings (SSSR count). The van der Waals surface area contributed by atoms with Crippen molar-refractivity contribution >= 4 is 0 Å². The maximum atomic E-state index is 12.9. The molecule has 1 aromatic heterocycles. The van der Waals surface area contributed by atoms with Gasteiger partial charge in [-0.05, 0) is 49.6 Å². The molecule has 0 saturated heterocycles. The Bertz CT molecular complexity index is 589. The van der Waals surface area contributed by atoms with Gasteiger partial charge in [0.25, 0.3) is 0 Å². The molecule has 1 saturated carbocycles. The van der Waals surface area contributed by atoms with E-state index in [-0.39, 0.29) is 0 Å². The zero-order valence-corrected chi connectivity index (χ0v) is 11.2. The number of ether oxygens (including phenoxy) is 1. The summed E-state index contributed by atoms with van der Waals surface area (Å²) < 4.78 is 18.6. The Morgan fingerprint density at radius 1 is 1.20 bits per heavy atom. The van der Waals surface area contributed by atoms with Gasteiger partial charge in [-0.2, -0.15) is 0 Å². The van der Waals surface area contributed by atoms with E-state index >= 15 is 0 Å². The van der Waals surface area contributed by atoms with Crippen LogP contribution < -0.4 is 4.74 Å². The first kappa shape index (κ1) is 13.1. The SMILES string of the molecule is CC(O)(c1ccc(OC2CC2)cc1)c1ccc(F)cn1. The first-order valence-corrected chi connectivity index (χ1v) is 6.67. The molecule has 2 aromatic rings. The molecule has 4 heteroatoms. The molecule has 0 amide bonds. The second-order valence-electron chi connectivity index (χ2n) is 5.28. The van der Waals surface area contributed by atoms with Gasteiger partial charge in [-0.15, -0.1) is 0 Å². The number of hydrogen-bond donors (Lipinski definition) is 1. The molecule has 1 atom stereocenters. The largest absolute Gasteiger partial charge is 0.490 e. The molecular formula is C16H16FNO2. The Balaban J connectivity index is 1.83. The minimum atomic E-state index is -1.26. The first-order chi connectivity index (χ1) is 9.55. The standard InChI is InChI=1S/C16H16FNO2/c1-16(19,15-9-4-12(17)10-18-15)11-2-5-13(6-3-11)20-14-7-8-14/h2-6,9-10,14,19H,7-8H2,1H3. The summed E-state index contributed by atoms with van der Waals surface area (Å²) in [5.41, 5.74) is -0.152. The fourth-order valence-corrected chi connectivity index (χ4v) is 2.05. The number of nitrogens with zero attached hydrogens (tertiary/aromatic N) is 1. The van der Waals surface area contributed by atoms with Crippen LogP contribution in [0.15, 0.2) is 42.6 Å². The summed E-state index contributed by atoms with van der Waals surface area (Å²) in [6, 6.07) is 10.1. The molecule has 1 heterocycles. The van der Waals surface area contributed by atoms with Crippen LogP contribution in [0.25, 0.3) is 0 Å². The van der Waals surface area contributed by atoms with Gasteiger partial charge in [-0.1, -0.05) is 12.1 Å². The van der Waals surface area contributed by atoms with E-state index in [4.69, 9.17) is 4.74 Å². The Labute approximate surface area is 117 Å². The van der Waals surface area contributed by atoms with Crippen LogP contribution in [0, 0.1) is 5.82 Å². The molecule has 1 unspecified atom stereocenters. The average molecular weight is 273 g/mol. The number of halogens is 1. The van der Waals surface area contributed by atoms with Crippen molar-refractivity contribution in [2.75, 3.05) is 0 Å². The summed E-state index contributed by atoms with van der Waals surface area (Å²) >= 11 is 0. The van der Waals surface area contributed by atoms with Crippen LogP contribution in [-0.2, 0) is 5.60 Å². The molecular weight excluding hydrogens is 257 g/mol. The van der Waals surface area contributed by atoms with Crippen molar-refractivity contribution in [3.8, 4) is 5.75 Å². The predicted molar refractivity (Wildman–Crippen MR) is 73.0 cm³/mol. The van der Waals surface area contributed by atoms with Crippen LogP contribution in [-0.4, -0.2) is 16.2 Å². The van der Waals surface area contributed by atoms with Gasteiger partial charge in [-0.3, -0.25) is 4.98 Å². The lowest BCUT2D eigenvalue weighted by atomic mass is 9.92. The Morgan fingerprint density at radius 2 is 1.90 bits per heavy atom. The number of hydrogen-bond acceptors (Lipinski definition) is 3. The zero-order valence-electron chi connectivity index (χ0n) is 11.2. The second kappa shape index (κ2) is 4.87. The molecule has 1 N–H and O–H groups in total. The van der Waals surface area contributed by atoms with E-state index in [1.807, 2.05) is 24.3 Å². The summed E-state index contributed by atoms with van der Waals surface area (Å²) in [5, 5.41) is 10.6. The first-order valence-electron chi connectivity index (χ1n) is 6.67. The van der Waals surface area contributed by atoms with Crippen LogP contribution in [0.1, 0.15) is 31.0 Å². The number of aliphatic hydroxyl groups is 1. The van der Waals surface area contributed by atoms with E-state index in [0.29, 0.717) is 17.4 Å². The Hall–Kier alpha value is -1.94. The van der Waals surface area contributed by atoms with Crippen LogP contribution in [0.5, 0.6) is 5.75 Å². The third kappa shape index (κ3) is 2.65. The quantitative estimate of drug-likeness (QED) is 0.931. The van der Waals surface area contributed by atoms with Gasteiger partial charge in [0.05, 0.1) is 18.0 Å². The van der Waals surface area contributed by atoms with Gasteiger partial charge in [0, 0.05) is 0 Å². The highest BCUT2D eigenvalue weighted by atomic mass is 19.1. The van der Waals surface area contributed by atoms with Gasteiger partial charge in [-0.25, -0.2) is 4.39 Å². The lowest BCUT2D eigenvalue weighted by Gasteiger charge is -2.23. The van der Waals surface area contributed by atoms with Gasteiger partial charge in [0.1, 0.15) is 17.2 Å². The van der Waals surface area contributed by atoms with Crippen molar-refractivity contribution in [1.82, 2.24) is 4.98 Å². The van der Waals surface area contributed by atoms with Crippen molar-refractivity contribution in [2.24, 2.45) is 0 Å². The number of pyridine rings is 1. The summed E-state index contributed by atoms with van der Waals surface area (Å²) in [5.74, 6) is 0.386. The van der Waals surface area contributed by atoms with Crippen molar-refractivity contribution in [2.45, 2.75) is 31.5 Å². The van der Waals surface area contributed by atoms with E-state index in [0.717, 1.165) is 24.8 Å². The molecule has 0 bridgehead atoms. The van der Waals surface area contributed by atoms with E-state index < -0.39 is 11.4 Å². The number of rotatable bonds is 4. The number of aromatic nitrogens is 1. The predicted octanol–water partition coefficient (Wildman–Crippen LogP) is 3.02. The highest BCUT2D eigenvalue weighted by molar-refractivity contribution is 5.35. The van der Waals surface area contributed by atoms with E-state index in [9.17, 15) is 9.50 Å². The van der Waals surface area contributed by atoms with Crippen LogP contribution >= 0.6 is 0 Å². The van der Waals surface area contributed by atoms with E-state index in [1.165, 1.54) is 12.1 Å². The fourth-order valence-electron chi connectivity index (χ4n) is 2.05. The van der Waals surface area contributed by atoms with Crippen molar-refractivity contribution < 1.29 is 14.2 Å². The fraction of sp³-hybridized carbons (Fsp3) is 0.312. The smallest absolute Gasteiger partial charge is 0.141 e. The molecule has 3 nitrogen and oxygen atoms in total. The highest BCUT2D eigenvalue weighted by Gasteiger charge is 2.28. The summed E-state index contributed by atoms with van der Waals surface area (Å²) in [6.45, 7) is 1.64. The van der Waals surface area contributed by atoms with Gasteiger partial charge < -0.3 is 9.84 Å². The minimum absolute atomic E-state index is 0.347. The van der Waals surface area contributed by atoms with Crippen LogP contribution in [0.4, 0.5) is 4.39 Å². The molecule has 0 spiro atoms. The molecule has 0 aliphatic heterocycles. The maximum absolute atomic E-state index is 12.9. The van der Waals surface area contributed by atoms with Crippen molar-refractivity contribution in [1.29, 1.82) is 0 Å². The van der Waals surface area contributed by atoms with Crippen molar-refractivity contribution in [3.63, 3.8) is 0 Å². The van der Waals surface area contributed by atoms with Gasteiger partial charge in [0.15, 0.2) is 0 Å². The molecule has 1 aromatic carbocycles. The van der Waals surface area contributed by atoms with Crippen molar-refractivity contribution in [3.05, 3.63) is 59.7 Å². The lowest BCUT2D eigenvalue weighted by molar-refractivity contribution is 0.0972. The zero-order chi connectivity index (χ0) is 14.2. The van der Waals surface area contributed by atoms with E-state index in [1.54, 1.807) is 6.92 Å². The molecule has 1 aliphatic rings. The third-order valence-electron chi connectivity index (χ3n) is 3.47. The van der Waals surface area contributed by atoms with E-state index in [2.05, 4.69) is 4.98 Å². The maximum Gasteiger partial charge on any atom is 0.141 e. The summed E-state index contributed by atoms with van der Waals surface area (Å²) in [6.07, 6.45) is 3.67.